The number of hydrogen-bond donors (Lipinski definition) is 1. The van der Waals surface area contributed by atoms with Gasteiger partial charge in [-0.05, 0) is 25.8 Å². The third kappa shape index (κ3) is 3.93. The molecule has 0 bridgehead atoms. The van der Waals surface area contributed by atoms with Crippen molar-refractivity contribution in [3.05, 3.63) is 11.4 Å². The molecular formula is C12H17F3N4O2. The highest BCUT2D eigenvalue weighted by Gasteiger charge is 2.30. The fourth-order valence-corrected chi connectivity index (χ4v) is 2.42. The van der Waals surface area contributed by atoms with Gasteiger partial charge in [0, 0.05) is 13.0 Å². The Labute approximate surface area is 119 Å². The van der Waals surface area contributed by atoms with Crippen molar-refractivity contribution in [1.29, 1.82) is 0 Å². The van der Waals surface area contributed by atoms with Crippen molar-refractivity contribution >= 4 is 5.97 Å². The van der Waals surface area contributed by atoms with E-state index in [4.69, 9.17) is 0 Å². The minimum absolute atomic E-state index is 0.0665. The van der Waals surface area contributed by atoms with Crippen LogP contribution in [0.15, 0.2) is 0 Å². The Morgan fingerprint density at radius 1 is 1.52 bits per heavy atom. The molecule has 1 saturated heterocycles. The van der Waals surface area contributed by atoms with Gasteiger partial charge in [-0.2, -0.15) is 13.2 Å². The molecule has 1 unspecified atom stereocenters. The first kappa shape index (κ1) is 15.7. The van der Waals surface area contributed by atoms with Crippen LogP contribution in [0.5, 0.6) is 0 Å². The number of rotatable bonds is 5. The lowest BCUT2D eigenvalue weighted by molar-refractivity contribution is -0.136. The average Bonchev–Trinajstić information content (AvgIpc) is 3.04. The first-order valence-corrected chi connectivity index (χ1v) is 6.74. The smallest absolute Gasteiger partial charge is 0.389 e. The number of esters is 1. The van der Waals surface area contributed by atoms with Crippen LogP contribution in [0.2, 0.25) is 0 Å². The number of ether oxygens (including phenoxy) is 1. The van der Waals surface area contributed by atoms with Gasteiger partial charge >= 0.3 is 12.1 Å². The molecule has 1 aromatic rings. The first-order chi connectivity index (χ1) is 9.92. The minimum atomic E-state index is -4.20. The van der Waals surface area contributed by atoms with Crippen molar-refractivity contribution in [2.24, 2.45) is 0 Å². The number of halogens is 3. The molecule has 118 valence electrons. The van der Waals surface area contributed by atoms with Crippen LogP contribution in [0.4, 0.5) is 13.2 Å². The summed E-state index contributed by atoms with van der Waals surface area (Å²) in [5.41, 5.74) is 0.588. The molecule has 0 aliphatic carbocycles. The third-order valence-corrected chi connectivity index (χ3v) is 3.37. The zero-order chi connectivity index (χ0) is 15.5. The standard InChI is InChI=1S/C12H17F3N4O2/c1-21-11(20)9-10(8-4-2-6-16-8)19(18-17-9)7-3-5-12(13,14)15/h8,16H,2-7H2,1H3. The van der Waals surface area contributed by atoms with Crippen LogP contribution in [-0.4, -0.2) is 40.8 Å². The zero-order valence-electron chi connectivity index (χ0n) is 11.6. The molecule has 0 spiro atoms. The van der Waals surface area contributed by atoms with Crippen molar-refractivity contribution in [3.8, 4) is 0 Å². The van der Waals surface area contributed by atoms with Crippen LogP contribution in [0, 0.1) is 0 Å². The number of nitrogens with zero attached hydrogens (tertiary/aromatic N) is 3. The number of nitrogens with one attached hydrogen (secondary N) is 1. The van der Waals surface area contributed by atoms with E-state index in [0.717, 1.165) is 19.4 Å². The maximum Gasteiger partial charge on any atom is 0.389 e. The normalized spacial score (nSPS) is 19.0. The summed E-state index contributed by atoms with van der Waals surface area (Å²) in [4.78, 5) is 11.7. The molecule has 1 aromatic heterocycles. The number of hydrogen-bond acceptors (Lipinski definition) is 5. The van der Waals surface area contributed by atoms with E-state index in [1.165, 1.54) is 11.8 Å². The van der Waals surface area contributed by atoms with Gasteiger partial charge in [-0.1, -0.05) is 5.21 Å². The number of alkyl halides is 3. The Bertz CT molecular complexity index is 495. The quantitative estimate of drug-likeness (QED) is 0.841. The van der Waals surface area contributed by atoms with Crippen molar-refractivity contribution in [2.45, 2.75) is 44.4 Å². The molecule has 0 saturated carbocycles. The molecular weight excluding hydrogens is 289 g/mol. The molecule has 6 nitrogen and oxygen atoms in total. The van der Waals surface area contributed by atoms with Crippen LogP contribution in [-0.2, 0) is 11.3 Å². The van der Waals surface area contributed by atoms with E-state index in [1.54, 1.807) is 0 Å². The number of carbonyl (C=O) groups excluding carboxylic acids is 1. The van der Waals surface area contributed by atoms with Crippen LogP contribution in [0.25, 0.3) is 0 Å². The maximum absolute atomic E-state index is 12.2. The summed E-state index contributed by atoms with van der Waals surface area (Å²) in [6, 6.07) is -0.125. The molecule has 1 fully saturated rings. The van der Waals surface area contributed by atoms with Crippen LogP contribution < -0.4 is 5.32 Å². The summed E-state index contributed by atoms with van der Waals surface area (Å²) in [5, 5.41) is 10.8. The van der Waals surface area contributed by atoms with E-state index in [1.807, 2.05) is 0 Å². The van der Waals surface area contributed by atoms with Gasteiger partial charge in [-0.3, -0.25) is 0 Å². The summed E-state index contributed by atoms with van der Waals surface area (Å²) >= 11 is 0. The second-order valence-electron chi connectivity index (χ2n) is 4.91. The molecule has 1 N–H and O–H groups in total. The van der Waals surface area contributed by atoms with E-state index in [9.17, 15) is 18.0 Å². The molecule has 2 heterocycles. The van der Waals surface area contributed by atoms with Gasteiger partial charge in [0.05, 0.1) is 18.8 Å². The minimum Gasteiger partial charge on any atom is -0.464 e. The summed E-state index contributed by atoms with van der Waals surface area (Å²) in [6.45, 7) is 0.857. The fourth-order valence-electron chi connectivity index (χ4n) is 2.42. The SMILES string of the molecule is COC(=O)c1nnn(CCCC(F)(F)F)c1C1CCCN1. The molecule has 1 aliphatic heterocycles. The van der Waals surface area contributed by atoms with Gasteiger partial charge in [0.1, 0.15) is 0 Å². The van der Waals surface area contributed by atoms with Gasteiger partial charge in [0.25, 0.3) is 0 Å². The van der Waals surface area contributed by atoms with Crippen LogP contribution in [0.1, 0.15) is 47.9 Å². The highest BCUT2D eigenvalue weighted by molar-refractivity contribution is 5.88. The van der Waals surface area contributed by atoms with E-state index >= 15 is 0 Å². The van der Waals surface area contributed by atoms with Crippen molar-refractivity contribution in [3.63, 3.8) is 0 Å². The number of methoxy groups -OCH3 is 1. The van der Waals surface area contributed by atoms with Gasteiger partial charge in [-0.15, -0.1) is 5.10 Å². The van der Waals surface area contributed by atoms with E-state index in [-0.39, 0.29) is 24.7 Å². The zero-order valence-corrected chi connectivity index (χ0v) is 11.6. The van der Waals surface area contributed by atoms with Gasteiger partial charge in [0.2, 0.25) is 0 Å². The molecule has 9 heteroatoms. The summed E-state index contributed by atoms with van der Waals surface area (Å²) in [7, 11) is 1.23. The fraction of sp³-hybridized carbons (Fsp3) is 0.750. The number of carbonyl (C=O) groups is 1. The molecule has 2 rings (SSSR count). The lowest BCUT2D eigenvalue weighted by Gasteiger charge is -2.14. The van der Waals surface area contributed by atoms with Crippen molar-refractivity contribution in [1.82, 2.24) is 20.3 Å². The van der Waals surface area contributed by atoms with Crippen molar-refractivity contribution in [2.75, 3.05) is 13.7 Å². The van der Waals surface area contributed by atoms with E-state index in [0.29, 0.717) is 5.69 Å². The predicted molar refractivity (Wildman–Crippen MR) is 66.6 cm³/mol. The molecule has 0 aromatic carbocycles. The lowest BCUT2D eigenvalue weighted by Crippen LogP contribution is -2.21. The number of aromatic nitrogens is 3. The highest BCUT2D eigenvalue weighted by atomic mass is 19.4. The molecule has 0 radical (unpaired) electrons. The Kier molecular flexibility index (Phi) is 4.81. The first-order valence-electron chi connectivity index (χ1n) is 6.74. The summed E-state index contributed by atoms with van der Waals surface area (Å²) in [5.74, 6) is -0.624. The topological polar surface area (TPSA) is 69.0 Å². The van der Waals surface area contributed by atoms with Crippen LogP contribution >= 0.6 is 0 Å². The molecule has 0 amide bonds. The average molecular weight is 306 g/mol. The largest absolute Gasteiger partial charge is 0.464 e. The lowest BCUT2D eigenvalue weighted by atomic mass is 10.1. The van der Waals surface area contributed by atoms with E-state index < -0.39 is 18.6 Å². The Morgan fingerprint density at radius 2 is 2.29 bits per heavy atom. The highest BCUT2D eigenvalue weighted by Crippen LogP contribution is 2.27. The van der Waals surface area contributed by atoms with Gasteiger partial charge in [-0.25, -0.2) is 9.48 Å². The Hall–Kier alpha value is -1.64. The molecule has 1 atom stereocenters. The van der Waals surface area contributed by atoms with Gasteiger partial charge in [0.15, 0.2) is 5.69 Å². The molecule has 1 aliphatic rings. The predicted octanol–water partition coefficient (Wildman–Crippen LogP) is 1.83. The van der Waals surface area contributed by atoms with E-state index in [2.05, 4.69) is 20.4 Å². The monoisotopic (exact) mass is 306 g/mol. The second-order valence-corrected chi connectivity index (χ2v) is 4.91. The Morgan fingerprint density at radius 3 is 2.86 bits per heavy atom. The summed E-state index contributed by atoms with van der Waals surface area (Å²) < 4.78 is 42.7. The van der Waals surface area contributed by atoms with Gasteiger partial charge < -0.3 is 10.1 Å². The maximum atomic E-state index is 12.2. The number of aryl methyl sites for hydroxylation is 1. The van der Waals surface area contributed by atoms with Crippen molar-refractivity contribution < 1.29 is 22.7 Å². The Balaban J connectivity index is 2.16. The summed E-state index contributed by atoms with van der Waals surface area (Å²) in [6.07, 6.45) is -3.47. The van der Waals surface area contributed by atoms with Crippen LogP contribution in [0.3, 0.4) is 0 Å². The second kappa shape index (κ2) is 6.42. The molecule has 21 heavy (non-hydrogen) atoms. The third-order valence-electron chi connectivity index (χ3n) is 3.37.